The van der Waals surface area contributed by atoms with Gasteiger partial charge in [0, 0.05) is 25.2 Å². The van der Waals surface area contributed by atoms with Gasteiger partial charge in [0.05, 0.1) is 0 Å². The van der Waals surface area contributed by atoms with Crippen molar-refractivity contribution in [1.82, 2.24) is 0 Å². The lowest BCUT2D eigenvalue weighted by atomic mass is 10.0. The van der Waals surface area contributed by atoms with Gasteiger partial charge in [0.1, 0.15) is 0 Å². The van der Waals surface area contributed by atoms with E-state index in [0.29, 0.717) is 5.56 Å². The number of benzene rings is 1. The third-order valence-corrected chi connectivity index (χ3v) is 4.69. The van der Waals surface area contributed by atoms with Crippen molar-refractivity contribution in [2.75, 3.05) is 6.16 Å². The van der Waals surface area contributed by atoms with Crippen LogP contribution in [0.15, 0.2) is 30.3 Å². The molecule has 0 saturated heterocycles. The second-order valence-corrected chi connectivity index (χ2v) is 7.11. The Kier molecular flexibility index (Phi) is 5.92. The Labute approximate surface area is 116 Å². The third-order valence-electron chi connectivity index (χ3n) is 2.74. The van der Waals surface area contributed by atoms with Crippen LogP contribution in [0.4, 0.5) is 0 Å². The van der Waals surface area contributed by atoms with Crippen LogP contribution in [-0.4, -0.2) is 33.2 Å². The summed E-state index contributed by atoms with van der Waals surface area (Å²) in [5.74, 6) is -3.18. The largest absolute Gasteiger partial charge is 0.481 e. The highest BCUT2D eigenvalue weighted by Gasteiger charge is 2.27. The van der Waals surface area contributed by atoms with E-state index >= 15 is 0 Å². The van der Waals surface area contributed by atoms with E-state index in [1.54, 1.807) is 30.3 Å². The van der Waals surface area contributed by atoms with Gasteiger partial charge in [-0.3, -0.25) is 14.2 Å². The molecule has 0 spiro atoms. The highest BCUT2D eigenvalue weighted by atomic mass is 31.2. The molecule has 7 heteroatoms. The van der Waals surface area contributed by atoms with Crippen LogP contribution in [0.1, 0.15) is 18.4 Å². The van der Waals surface area contributed by atoms with E-state index in [0.717, 1.165) is 0 Å². The van der Waals surface area contributed by atoms with E-state index in [1.807, 2.05) is 0 Å². The van der Waals surface area contributed by atoms with Gasteiger partial charge in [0.25, 0.3) is 0 Å². The molecule has 0 heterocycles. The fourth-order valence-corrected chi connectivity index (χ4v) is 4.01. The van der Waals surface area contributed by atoms with E-state index in [2.05, 4.69) is 0 Å². The van der Waals surface area contributed by atoms with Crippen molar-refractivity contribution in [3.63, 3.8) is 0 Å². The van der Waals surface area contributed by atoms with E-state index in [4.69, 9.17) is 10.2 Å². The highest BCUT2D eigenvalue weighted by Crippen LogP contribution is 2.47. The van der Waals surface area contributed by atoms with Crippen molar-refractivity contribution in [3.05, 3.63) is 35.9 Å². The van der Waals surface area contributed by atoms with Gasteiger partial charge in [0.15, 0.2) is 0 Å². The topological polar surface area (TPSA) is 112 Å². The normalized spacial score (nSPS) is 13.9. The molecule has 1 aromatic carbocycles. The standard InChI is InChI=1S/C13H17O6P/c14-12(15)6-11(7-13(16)17)9-20(18,19)8-10-4-2-1-3-5-10/h1-5,11H,6-9H2,(H,14,15)(H,16,17)(H,18,19). The van der Waals surface area contributed by atoms with Crippen LogP contribution in [-0.2, 0) is 20.3 Å². The van der Waals surface area contributed by atoms with Gasteiger partial charge in [-0.15, -0.1) is 0 Å². The average molecular weight is 300 g/mol. The zero-order valence-corrected chi connectivity index (χ0v) is 11.7. The molecule has 0 amide bonds. The molecule has 0 fully saturated rings. The summed E-state index contributed by atoms with van der Waals surface area (Å²) in [6, 6.07) is 8.66. The Morgan fingerprint density at radius 3 is 2.00 bits per heavy atom. The molecule has 0 aromatic heterocycles. The monoisotopic (exact) mass is 300 g/mol. The van der Waals surface area contributed by atoms with Crippen molar-refractivity contribution < 1.29 is 29.3 Å². The fourth-order valence-electron chi connectivity index (χ4n) is 2.03. The lowest BCUT2D eigenvalue weighted by Gasteiger charge is -2.17. The highest BCUT2D eigenvalue weighted by molar-refractivity contribution is 7.57. The number of aliphatic carboxylic acids is 2. The summed E-state index contributed by atoms with van der Waals surface area (Å²) >= 11 is 0. The Balaban J connectivity index is 2.72. The molecular formula is C13H17O6P. The van der Waals surface area contributed by atoms with Crippen LogP contribution in [0.25, 0.3) is 0 Å². The molecule has 20 heavy (non-hydrogen) atoms. The van der Waals surface area contributed by atoms with Crippen molar-refractivity contribution in [1.29, 1.82) is 0 Å². The number of hydrogen-bond acceptors (Lipinski definition) is 3. The van der Waals surface area contributed by atoms with Gasteiger partial charge in [-0.1, -0.05) is 30.3 Å². The maximum atomic E-state index is 12.1. The van der Waals surface area contributed by atoms with E-state index < -0.39 is 38.1 Å². The number of carbonyl (C=O) groups is 2. The van der Waals surface area contributed by atoms with Crippen LogP contribution >= 0.6 is 7.37 Å². The quantitative estimate of drug-likeness (QED) is 0.633. The van der Waals surface area contributed by atoms with E-state index in [1.165, 1.54) is 0 Å². The van der Waals surface area contributed by atoms with Crippen molar-refractivity contribution >= 4 is 19.3 Å². The summed E-state index contributed by atoms with van der Waals surface area (Å²) in [6.45, 7) is 0. The first kappa shape index (κ1) is 16.4. The predicted octanol–water partition coefficient (Wildman–Crippen LogP) is 2.02. The Hall–Kier alpha value is -1.65. The smallest absolute Gasteiger partial charge is 0.303 e. The summed E-state index contributed by atoms with van der Waals surface area (Å²) in [5.41, 5.74) is 0.669. The summed E-state index contributed by atoms with van der Waals surface area (Å²) in [6.07, 6.45) is -1.23. The fraction of sp³-hybridized carbons (Fsp3) is 0.385. The molecular weight excluding hydrogens is 283 g/mol. The van der Waals surface area contributed by atoms with Crippen LogP contribution in [0.2, 0.25) is 0 Å². The molecule has 1 rings (SSSR count). The van der Waals surface area contributed by atoms with Crippen LogP contribution in [0.3, 0.4) is 0 Å². The predicted molar refractivity (Wildman–Crippen MR) is 72.8 cm³/mol. The van der Waals surface area contributed by atoms with Gasteiger partial charge in [0.2, 0.25) is 7.37 Å². The number of carboxylic acids is 2. The van der Waals surface area contributed by atoms with Gasteiger partial charge in [-0.25, -0.2) is 0 Å². The first-order chi connectivity index (χ1) is 9.28. The molecule has 0 bridgehead atoms. The van der Waals surface area contributed by atoms with Gasteiger partial charge in [-0.2, -0.15) is 0 Å². The third kappa shape index (κ3) is 6.50. The van der Waals surface area contributed by atoms with Crippen LogP contribution in [0, 0.1) is 5.92 Å². The molecule has 6 nitrogen and oxygen atoms in total. The van der Waals surface area contributed by atoms with Crippen LogP contribution < -0.4 is 0 Å². The molecule has 0 radical (unpaired) electrons. The van der Waals surface area contributed by atoms with Gasteiger partial charge in [-0.05, 0) is 11.5 Å². The van der Waals surface area contributed by atoms with Crippen molar-refractivity contribution in [3.8, 4) is 0 Å². The summed E-state index contributed by atoms with van der Waals surface area (Å²) in [7, 11) is -3.61. The minimum Gasteiger partial charge on any atom is -0.481 e. The lowest BCUT2D eigenvalue weighted by Crippen LogP contribution is -2.17. The van der Waals surface area contributed by atoms with Crippen molar-refractivity contribution in [2.45, 2.75) is 19.0 Å². The molecule has 1 aromatic rings. The first-order valence-electron chi connectivity index (χ1n) is 6.07. The maximum Gasteiger partial charge on any atom is 0.303 e. The average Bonchev–Trinajstić information content (AvgIpc) is 2.26. The lowest BCUT2D eigenvalue weighted by molar-refractivity contribution is -0.140. The SMILES string of the molecule is O=C(O)CC(CC(=O)O)CP(=O)(O)Cc1ccccc1. The molecule has 0 aliphatic rings. The Bertz CT molecular complexity index is 497. The molecule has 0 saturated carbocycles. The van der Waals surface area contributed by atoms with Crippen molar-refractivity contribution in [2.24, 2.45) is 5.92 Å². The zero-order chi connectivity index (χ0) is 15.2. The maximum absolute atomic E-state index is 12.1. The minimum absolute atomic E-state index is 0.0798. The Morgan fingerprint density at radius 1 is 1.05 bits per heavy atom. The number of rotatable bonds is 8. The Morgan fingerprint density at radius 2 is 1.55 bits per heavy atom. The molecule has 110 valence electrons. The summed E-state index contributed by atoms with van der Waals surface area (Å²) in [5, 5.41) is 17.4. The minimum atomic E-state index is -3.61. The van der Waals surface area contributed by atoms with E-state index in [9.17, 15) is 19.0 Å². The molecule has 0 aliphatic heterocycles. The zero-order valence-electron chi connectivity index (χ0n) is 10.8. The molecule has 0 aliphatic carbocycles. The van der Waals surface area contributed by atoms with Gasteiger partial charge < -0.3 is 15.1 Å². The molecule has 1 unspecified atom stereocenters. The second-order valence-electron chi connectivity index (χ2n) is 4.73. The van der Waals surface area contributed by atoms with Gasteiger partial charge >= 0.3 is 11.9 Å². The molecule has 1 atom stereocenters. The summed E-state index contributed by atoms with van der Waals surface area (Å²) in [4.78, 5) is 31.3. The summed E-state index contributed by atoms with van der Waals surface area (Å²) < 4.78 is 12.1. The first-order valence-corrected chi connectivity index (χ1v) is 8.10. The number of hydrogen-bond donors (Lipinski definition) is 3. The second kappa shape index (κ2) is 7.22. The number of carboxylic acid groups (broad SMARTS) is 2. The molecule has 3 N–H and O–H groups in total. The van der Waals surface area contributed by atoms with E-state index in [-0.39, 0.29) is 12.3 Å². The van der Waals surface area contributed by atoms with Crippen LogP contribution in [0.5, 0.6) is 0 Å².